The van der Waals surface area contributed by atoms with Crippen molar-refractivity contribution in [3.8, 4) is 0 Å². The maximum Gasteiger partial charge on any atom is 0.238 e. The molecule has 1 aromatic rings. The zero-order valence-corrected chi connectivity index (χ0v) is 15.7. The van der Waals surface area contributed by atoms with E-state index in [-0.39, 0.29) is 17.9 Å². The molecular formula is C21H30N2O2. The molecule has 2 amide bonds. The minimum atomic E-state index is -0.778. The molecule has 4 heteroatoms. The monoisotopic (exact) mass is 342 g/mol. The van der Waals surface area contributed by atoms with Crippen LogP contribution in [-0.4, -0.2) is 40.7 Å². The number of hydrogen-bond acceptors (Lipinski definition) is 2. The van der Waals surface area contributed by atoms with E-state index in [0.717, 1.165) is 31.5 Å². The summed E-state index contributed by atoms with van der Waals surface area (Å²) in [5, 5.41) is 0. The first-order valence-corrected chi connectivity index (χ1v) is 9.58. The third-order valence-corrected chi connectivity index (χ3v) is 5.72. The average Bonchev–Trinajstić information content (AvgIpc) is 3.42. The van der Waals surface area contributed by atoms with Crippen LogP contribution in [0.25, 0.3) is 0 Å². The standard InChI is InChI=1S/C21H30N2O2/c1-16(2)23(15-18-7-5-4-6-8-18)20(25)21(11-12-21)19(24)22-13-9-17(3)10-14-22/h4-8,16-17H,9-15H2,1-3H3. The number of likely N-dealkylation sites (tertiary alicyclic amines) is 1. The highest BCUT2D eigenvalue weighted by Gasteiger charge is 2.59. The van der Waals surface area contributed by atoms with E-state index in [4.69, 9.17) is 0 Å². The molecule has 0 atom stereocenters. The van der Waals surface area contributed by atoms with Crippen molar-refractivity contribution in [2.45, 2.75) is 59.0 Å². The van der Waals surface area contributed by atoms with Gasteiger partial charge in [0.05, 0.1) is 0 Å². The minimum Gasteiger partial charge on any atom is -0.342 e. The Hall–Kier alpha value is -1.84. The first kappa shape index (κ1) is 18.0. The van der Waals surface area contributed by atoms with E-state index >= 15 is 0 Å². The molecule has 2 fully saturated rings. The molecule has 3 rings (SSSR count). The van der Waals surface area contributed by atoms with Crippen molar-refractivity contribution in [2.24, 2.45) is 11.3 Å². The number of amides is 2. The summed E-state index contributed by atoms with van der Waals surface area (Å²) >= 11 is 0. The van der Waals surface area contributed by atoms with Crippen LogP contribution < -0.4 is 0 Å². The van der Waals surface area contributed by atoms with Gasteiger partial charge in [-0.15, -0.1) is 0 Å². The van der Waals surface area contributed by atoms with Crippen LogP contribution >= 0.6 is 0 Å². The molecular weight excluding hydrogens is 312 g/mol. The van der Waals surface area contributed by atoms with Gasteiger partial charge in [-0.25, -0.2) is 0 Å². The second kappa shape index (κ2) is 7.19. The van der Waals surface area contributed by atoms with Crippen molar-refractivity contribution in [3.63, 3.8) is 0 Å². The Morgan fingerprint density at radius 2 is 1.76 bits per heavy atom. The van der Waals surface area contributed by atoms with Crippen LogP contribution in [0.15, 0.2) is 30.3 Å². The van der Waals surface area contributed by atoms with E-state index in [1.54, 1.807) is 0 Å². The van der Waals surface area contributed by atoms with Gasteiger partial charge in [0.2, 0.25) is 11.8 Å². The zero-order chi connectivity index (χ0) is 18.0. The normalized spacial score (nSPS) is 19.8. The Bertz CT molecular complexity index is 614. The first-order chi connectivity index (χ1) is 11.9. The molecule has 1 aliphatic carbocycles. The van der Waals surface area contributed by atoms with Gasteiger partial charge < -0.3 is 9.80 Å². The largest absolute Gasteiger partial charge is 0.342 e. The molecule has 2 aliphatic rings. The number of carbonyl (C=O) groups excluding carboxylic acids is 2. The fourth-order valence-corrected chi connectivity index (χ4v) is 3.70. The Morgan fingerprint density at radius 1 is 1.16 bits per heavy atom. The molecule has 0 aromatic heterocycles. The molecule has 4 nitrogen and oxygen atoms in total. The van der Waals surface area contributed by atoms with Crippen LogP contribution in [0.5, 0.6) is 0 Å². The summed E-state index contributed by atoms with van der Waals surface area (Å²) in [5.41, 5.74) is 0.333. The van der Waals surface area contributed by atoms with Crippen molar-refractivity contribution in [3.05, 3.63) is 35.9 Å². The molecule has 0 bridgehead atoms. The summed E-state index contributed by atoms with van der Waals surface area (Å²) in [4.78, 5) is 30.2. The number of benzene rings is 1. The van der Waals surface area contributed by atoms with Gasteiger partial charge in [0, 0.05) is 25.7 Å². The van der Waals surface area contributed by atoms with Gasteiger partial charge >= 0.3 is 0 Å². The van der Waals surface area contributed by atoms with Crippen LogP contribution in [0, 0.1) is 11.3 Å². The van der Waals surface area contributed by atoms with E-state index < -0.39 is 5.41 Å². The molecule has 1 saturated carbocycles. The van der Waals surface area contributed by atoms with Gasteiger partial charge in [0.1, 0.15) is 5.41 Å². The first-order valence-electron chi connectivity index (χ1n) is 9.58. The van der Waals surface area contributed by atoms with Gasteiger partial charge in [0.15, 0.2) is 0 Å². The lowest BCUT2D eigenvalue weighted by molar-refractivity contribution is -0.151. The summed E-state index contributed by atoms with van der Waals surface area (Å²) in [5.74, 6) is 0.776. The fourth-order valence-electron chi connectivity index (χ4n) is 3.70. The van der Waals surface area contributed by atoms with Crippen molar-refractivity contribution < 1.29 is 9.59 Å². The van der Waals surface area contributed by atoms with Crippen molar-refractivity contribution in [1.82, 2.24) is 9.80 Å². The summed E-state index contributed by atoms with van der Waals surface area (Å²) in [6.07, 6.45) is 3.51. The molecule has 25 heavy (non-hydrogen) atoms. The van der Waals surface area contributed by atoms with Crippen LogP contribution in [0.2, 0.25) is 0 Å². The molecule has 1 aliphatic heterocycles. The lowest BCUT2D eigenvalue weighted by atomic mass is 9.95. The van der Waals surface area contributed by atoms with Crippen molar-refractivity contribution in [1.29, 1.82) is 0 Å². The molecule has 0 N–H and O–H groups in total. The summed E-state index contributed by atoms with van der Waals surface area (Å²) in [6, 6.07) is 10.1. The van der Waals surface area contributed by atoms with E-state index in [1.807, 2.05) is 54.0 Å². The highest BCUT2D eigenvalue weighted by molar-refractivity contribution is 6.08. The minimum absolute atomic E-state index is 0.0231. The molecule has 136 valence electrons. The summed E-state index contributed by atoms with van der Waals surface area (Å²) < 4.78 is 0. The quantitative estimate of drug-likeness (QED) is 0.769. The number of hydrogen-bond donors (Lipinski definition) is 0. The predicted molar refractivity (Wildman–Crippen MR) is 98.8 cm³/mol. The summed E-state index contributed by atoms with van der Waals surface area (Å²) in [7, 11) is 0. The highest BCUT2D eigenvalue weighted by atomic mass is 16.2. The second-order valence-corrected chi connectivity index (χ2v) is 8.07. The van der Waals surface area contributed by atoms with Gasteiger partial charge in [-0.05, 0) is 51.0 Å². The predicted octanol–water partition coefficient (Wildman–Crippen LogP) is 3.46. The molecule has 0 radical (unpaired) electrons. The van der Waals surface area contributed by atoms with Gasteiger partial charge in [0.25, 0.3) is 0 Å². The third kappa shape index (κ3) is 3.73. The number of nitrogens with zero attached hydrogens (tertiary/aromatic N) is 2. The Kier molecular flexibility index (Phi) is 5.16. The lowest BCUT2D eigenvalue weighted by Crippen LogP contribution is -2.50. The molecule has 1 aromatic carbocycles. The van der Waals surface area contributed by atoms with Gasteiger partial charge in [-0.1, -0.05) is 37.3 Å². The van der Waals surface area contributed by atoms with Crippen LogP contribution in [0.4, 0.5) is 0 Å². The topological polar surface area (TPSA) is 40.6 Å². The Morgan fingerprint density at radius 3 is 2.28 bits per heavy atom. The summed E-state index contributed by atoms with van der Waals surface area (Å²) in [6.45, 7) is 8.47. The Balaban J connectivity index is 1.73. The van der Waals surface area contributed by atoms with Crippen molar-refractivity contribution >= 4 is 11.8 Å². The van der Waals surface area contributed by atoms with Crippen molar-refractivity contribution in [2.75, 3.05) is 13.1 Å². The fraction of sp³-hybridized carbons (Fsp3) is 0.619. The van der Waals surface area contributed by atoms with E-state index in [2.05, 4.69) is 6.92 Å². The number of rotatable bonds is 5. The van der Waals surface area contributed by atoms with Gasteiger partial charge in [-0.2, -0.15) is 0 Å². The zero-order valence-electron chi connectivity index (χ0n) is 15.7. The maximum absolute atomic E-state index is 13.3. The highest BCUT2D eigenvalue weighted by Crippen LogP contribution is 2.49. The van der Waals surface area contributed by atoms with Crippen LogP contribution in [-0.2, 0) is 16.1 Å². The maximum atomic E-state index is 13.3. The van der Waals surface area contributed by atoms with Crippen LogP contribution in [0.1, 0.15) is 52.0 Å². The average molecular weight is 342 g/mol. The van der Waals surface area contributed by atoms with E-state index in [1.165, 1.54) is 0 Å². The lowest BCUT2D eigenvalue weighted by Gasteiger charge is -2.35. The van der Waals surface area contributed by atoms with E-state index in [9.17, 15) is 9.59 Å². The van der Waals surface area contributed by atoms with Gasteiger partial charge in [-0.3, -0.25) is 9.59 Å². The molecule has 1 heterocycles. The number of piperidine rings is 1. The Labute approximate surface area is 151 Å². The second-order valence-electron chi connectivity index (χ2n) is 8.07. The smallest absolute Gasteiger partial charge is 0.238 e. The molecule has 0 spiro atoms. The third-order valence-electron chi connectivity index (χ3n) is 5.72. The van der Waals surface area contributed by atoms with E-state index in [0.29, 0.717) is 25.3 Å². The molecule has 1 saturated heterocycles. The number of carbonyl (C=O) groups is 2. The SMILES string of the molecule is CC1CCN(C(=O)C2(C(=O)N(Cc3ccccc3)C(C)C)CC2)CC1. The molecule has 0 unspecified atom stereocenters. The van der Waals surface area contributed by atoms with Crippen LogP contribution in [0.3, 0.4) is 0 Å².